The highest BCUT2D eigenvalue weighted by Gasteiger charge is 2.50. The summed E-state index contributed by atoms with van der Waals surface area (Å²) in [6.45, 7) is 5.48. The molecular weight excluding hydrogens is 412 g/mol. The number of carbonyl (C=O) groups is 3. The van der Waals surface area contributed by atoms with Crippen LogP contribution >= 0.6 is 0 Å². The highest BCUT2D eigenvalue weighted by atomic mass is 16.2. The molecule has 4 rings (SSSR count). The van der Waals surface area contributed by atoms with Crippen molar-refractivity contribution in [3.63, 3.8) is 0 Å². The molecule has 180 valence electrons. The zero-order valence-corrected chi connectivity index (χ0v) is 18.6. The minimum Gasteiger partial charge on any atom is -0.326 e. The highest BCUT2D eigenvalue weighted by molar-refractivity contribution is 5.94. The normalized spacial score (nSPS) is 22.0. The number of rotatable bonds is 8. The fourth-order valence-corrected chi connectivity index (χ4v) is 3.98. The first-order chi connectivity index (χ1) is 14.9. The maximum absolute atomic E-state index is 11.9. The van der Waals surface area contributed by atoms with Crippen molar-refractivity contribution in [1.29, 1.82) is 0 Å². The molecule has 5 nitrogen and oxygen atoms in total. The Labute approximate surface area is 199 Å². The second-order valence-electron chi connectivity index (χ2n) is 8.45. The monoisotopic (exact) mass is 452 g/mol. The average molecular weight is 453 g/mol. The SMILES string of the molecule is C.C.CC(=O)N1[C@H](C(=O)CCc2ccccc2)[C@@H]1C.C[C@@H]1N[C@@H]1C(=O)CCc1ccccc1. The fourth-order valence-electron chi connectivity index (χ4n) is 3.98. The van der Waals surface area contributed by atoms with Gasteiger partial charge < -0.3 is 10.2 Å². The van der Waals surface area contributed by atoms with Gasteiger partial charge in [0.15, 0.2) is 11.6 Å². The Morgan fingerprint density at radius 3 is 1.58 bits per heavy atom. The van der Waals surface area contributed by atoms with Crippen molar-refractivity contribution < 1.29 is 14.4 Å². The number of Topliss-reactive ketones (excluding diaryl/α,β-unsaturated/α-hetero) is 2. The predicted octanol–water partition coefficient (Wildman–Crippen LogP) is 4.63. The van der Waals surface area contributed by atoms with Gasteiger partial charge in [0, 0.05) is 25.8 Å². The molecule has 2 aromatic carbocycles. The Kier molecular flexibility index (Phi) is 11.2. The lowest BCUT2D eigenvalue weighted by molar-refractivity contribution is -0.127. The highest BCUT2D eigenvalue weighted by Crippen LogP contribution is 2.29. The van der Waals surface area contributed by atoms with E-state index >= 15 is 0 Å². The van der Waals surface area contributed by atoms with E-state index in [9.17, 15) is 14.4 Å². The molecule has 2 aliphatic rings. The quantitative estimate of drug-likeness (QED) is 0.593. The topological polar surface area (TPSA) is 76.2 Å². The lowest BCUT2D eigenvalue weighted by atomic mass is 10.1. The van der Waals surface area contributed by atoms with Gasteiger partial charge in [-0.05, 0) is 37.8 Å². The number of hydrogen-bond donors (Lipinski definition) is 1. The number of hydrogen-bond acceptors (Lipinski definition) is 4. The van der Waals surface area contributed by atoms with E-state index in [1.165, 1.54) is 18.1 Å². The van der Waals surface area contributed by atoms with Gasteiger partial charge in [-0.2, -0.15) is 0 Å². The van der Waals surface area contributed by atoms with E-state index in [1.807, 2.05) is 62.4 Å². The first-order valence-corrected chi connectivity index (χ1v) is 11.1. The first-order valence-electron chi connectivity index (χ1n) is 11.1. The van der Waals surface area contributed by atoms with E-state index in [2.05, 4.69) is 17.4 Å². The number of carbonyl (C=O) groups excluding carboxylic acids is 3. The lowest BCUT2D eigenvalue weighted by Gasteiger charge is -2.01. The van der Waals surface area contributed by atoms with Crippen LogP contribution in [0.25, 0.3) is 0 Å². The van der Waals surface area contributed by atoms with Crippen molar-refractivity contribution in [2.45, 2.75) is 85.5 Å². The van der Waals surface area contributed by atoms with Crippen molar-refractivity contribution in [2.75, 3.05) is 0 Å². The number of amides is 1. The molecule has 5 heteroatoms. The third-order valence-corrected chi connectivity index (χ3v) is 5.99. The molecule has 0 radical (unpaired) electrons. The summed E-state index contributed by atoms with van der Waals surface area (Å²) in [5, 5.41) is 3.12. The molecule has 0 saturated carbocycles. The van der Waals surface area contributed by atoms with Gasteiger partial charge in [-0.15, -0.1) is 0 Å². The van der Waals surface area contributed by atoms with Gasteiger partial charge in [0.05, 0.1) is 12.1 Å². The standard InChI is InChI=1S/C14H17NO2.C12H15NO.2CH4/c1-10-14(15(10)11(2)16)13(17)9-8-12-6-4-3-5-7-12;1-9-12(13-9)11(14)8-7-10-5-3-2-4-6-10;;/h3-7,10,14H,8-9H2,1-2H3;2-6,9,12-13H,7-8H2,1H3;2*1H4/t10-,14-,15?;9-,12-;;/m00../s1. The molecule has 0 aliphatic carbocycles. The van der Waals surface area contributed by atoms with Crippen molar-refractivity contribution in [1.82, 2.24) is 10.2 Å². The summed E-state index contributed by atoms with van der Waals surface area (Å²) in [7, 11) is 0. The Morgan fingerprint density at radius 2 is 1.21 bits per heavy atom. The van der Waals surface area contributed by atoms with E-state index in [0.29, 0.717) is 24.7 Å². The van der Waals surface area contributed by atoms with E-state index < -0.39 is 0 Å². The Morgan fingerprint density at radius 1 is 0.788 bits per heavy atom. The molecule has 0 bridgehead atoms. The van der Waals surface area contributed by atoms with Gasteiger partial charge in [0.1, 0.15) is 6.04 Å². The van der Waals surface area contributed by atoms with Gasteiger partial charge in [-0.25, -0.2) is 0 Å². The Balaban J connectivity index is 0.000000316. The van der Waals surface area contributed by atoms with E-state index in [4.69, 9.17) is 0 Å². The van der Waals surface area contributed by atoms with E-state index in [1.54, 1.807) is 4.90 Å². The van der Waals surface area contributed by atoms with Crippen LogP contribution in [-0.2, 0) is 27.2 Å². The predicted molar refractivity (Wildman–Crippen MR) is 135 cm³/mol. The van der Waals surface area contributed by atoms with Crippen molar-refractivity contribution >= 4 is 17.5 Å². The van der Waals surface area contributed by atoms with Crippen LogP contribution in [0.2, 0.25) is 0 Å². The second-order valence-corrected chi connectivity index (χ2v) is 8.45. The van der Waals surface area contributed by atoms with Crippen LogP contribution in [0.15, 0.2) is 60.7 Å². The smallest absolute Gasteiger partial charge is 0.220 e. The van der Waals surface area contributed by atoms with E-state index in [-0.39, 0.29) is 44.7 Å². The molecule has 2 fully saturated rings. The molecular formula is C28H40N2O3. The van der Waals surface area contributed by atoms with Crippen LogP contribution in [0.4, 0.5) is 0 Å². The molecule has 0 aromatic heterocycles. The Bertz CT molecular complexity index is 898. The number of aryl methyl sites for hydroxylation is 2. The fraction of sp³-hybridized carbons (Fsp3) is 0.464. The van der Waals surface area contributed by atoms with Gasteiger partial charge in [0.2, 0.25) is 5.91 Å². The summed E-state index contributed by atoms with van der Waals surface area (Å²) < 4.78 is 0. The van der Waals surface area contributed by atoms with Crippen LogP contribution in [0.3, 0.4) is 0 Å². The number of benzene rings is 2. The molecule has 2 aromatic rings. The molecule has 2 saturated heterocycles. The summed E-state index contributed by atoms with van der Waals surface area (Å²) >= 11 is 0. The summed E-state index contributed by atoms with van der Waals surface area (Å²) in [4.78, 5) is 36.3. The average Bonchev–Trinajstić information content (AvgIpc) is 3.68. The zero-order chi connectivity index (χ0) is 22.4. The van der Waals surface area contributed by atoms with Gasteiger partial charge in [-0.1, -0.05) is 75.5 Å². The van der Waals surface area contributed by atoms with Crippen molar-refractivity contribution in [3.05, 3.63) is 71.8 Å². The maximum Gasteiger partial charge on any atom is 0.220 e. The van der Waals surface area contributed by atoms with Gasteiger partial charge in [0.25, 0.3) is 0 Å². The molecule has 2 heterocycles. The lowest BCUT2D eigenvalue weighted by Crippen LogP contribution is -2.16. The minimum atomic E-state index is -0.170. The maximum atomic E-state index is 11.9. The molecule has 0 spiro atoms. The van der Waals surface area contributed by atoms with Crippen LogP contribution in [0, 0.1) is 0 Å². The molecule has 1 amide bonds. The number of nitrogens with zero attached hydrogens (tertiary/aromatic N) is 1. The minimum absolute atomic E-state index is 0. The largest absolute Gasteiger partial charge is 0.326 e. The van der Waals surface area contributed by atoms with E-state index in [0.717, 1.165) is 12.8 Å². The molecule has 0 unspecified atom stereocenters. The summed E-state index contributed by atoms with van der Waals surface area (Å²) in [5.41, 5.74) is 2.41. The Hall–Kier alpha value is -2.79. The van der Waals surface area contributed by atoms with Crippen LogP contribution in [0.1, 0.15) is 59.6 Å². The van der Waals surface area contributed by atoms with Crippen LogP contribution in [-0.4, -0.2) is 46.5 Å². The third kappa shape index (κ3) is 8.25. The van der Waals surface area contributed by atoms with Crippen LogP contribution < -0.4 is 5.32 Å². The van der Waals surface area contributed by atoms with Gasteiger partial charge in [-0.3, -0.25) is 14.4 Å². The van der Waals surface area contributed by atoms with Crippen molar-refractivity contribution in [2.24, 2.45) is 0 Å². The summed E-state index contributed by atoms with van der Waals surface area (Å²) in [5.74, 6) is 0.522. The molecule has 1 N–H and O–H groups in total. The molecule has 2 aliphatic heterocycles. The summed E-state index contributed by atoms with van der Waals surface area (Å²) in [6.07, 6.45) is 2.80. The van der Waals surface area contributed by atoms with Crippen molar-refractivity contribution in [3.8, 4) is 0 Å². The zero-order valence-electron chi connectivity index (χ0n) is 18.6. The molecule has 33 heavy (non-hydrogen) atoms. The number of ketones is 2. The van der Waals surface area contributed by atoms with Crippen LogP contribution in [0.5, 0.6) is 0 Å². The van der Waals surface area contributed by atoms with Gasteiger partial charge >= 0.3 is 0 Å². The molecule has 4 atom stereocenters. The number of nitrogens with one attached hydrogen (secondary N) is 1. The third-order valence-electron chi connectivity index (χ3n) is 5.99. The first kappa shape index (κ1) is 28.2. The second kappa shape index (κ2) is 13.0. The summed E-state index contributed by atoms with van der Waals surface area (Å²) in [6, 6.07) is 20.6.